The smallest absolute Gasteiger partial charge is 0.230 e. The molecule has 1 aromatic heterocycles. The average molecular weight is 364 g/mol. The van der Waals surface area contributed by atoms with Crippen molar-refractivity contribution in [2.75, 3.05) is 18.0 Å². The number of piperidine rings is 1. The molecular weight excluding hydrogens is 334 g/mol. The van der Waals surface area contributed by atoms with Gasteiger partial charge in [-0.2, -0.15) is 0 Å². The summed E-state index contributed by atoms with van der Waals surface area (Å²) in [5.41, 5.74) is 2.23. The molecule has 1 saturated carbocycles. The largest absolute Gasteiger partial charge is 0.316 e. The van der Waals surface area contributed by atoms with E-state index < -0.39 is 0 Å². The van der Waals surface area contributed by atoms with Gasteiger partial charge in [0.15, 0.2) is 0 Å². The summed E-state index contributed by atoms with van der Waals surface area (Å²) in [5, 5.41) is 3.56. The van der Waals surface area contributed by atoms with Crippen LogP contribution in [0.3, 0.4) is 0 Å². The highest BCUT2D eigenvalue weighted by Gasteiger charge is 2.42. The van der Waals surface area contributed by atoms with Gasteiger partial charge in [-0.25, -0.2) is 0 Å². The number of carbonyl (C=O) groups is 1. The van der Waals surface area contributed by atoms with Crippen LogP contribution in [0, 0.1) is 11.8 Å². The molecule has 2 fully saturated rings. The summed E-state index contributed by atoms with van der Waals surface area (Å²) in [6.07, 6.45) is 7.99. The fourth-order valence-corrected chi connectivity index (χ4v) is 4.44. The number of anilines is 1. The molecule has 3 unspecified atom stereocenters. The van der Waals surface area contributed by atoms with E-state index in [-0.39, 0.29) is 23.8 Å². The quantitative estimate of drug-likeness (QED) is 0.844. The van der Waals surface area contributed by atoms with E-state index >= 15 is 0 Å². The molecule has 4 rings (SSSR count). The molecule has 0 bridgehead atoms. The van der Waals surface area contributed by atoms with Crippen LogP contribution < -0.4 is 10.2 Å². The first-order valence-electron chi connectivity index (χ1n) is 10.2. The third-order valence-electron chi connectivity index (χ3n) is 6.04. The molecule has 0 radical (unpaired) electrons. The van der Waals surface area contributed by atoms with Crippen LogP contribution in [-0.4, -0.2) is 30.0 Å². The van der Waals surface area contributed by atoms with Gasteiger partial charge < -0.3 is 10.2 Å². The van der Waals surface area contributed by atoms with Crippen molar-refractivity contribution < 1.29 is 4.79 Å². The van der Waals surface area contributed by atoms with Crippen LogP contribution in [-0.2, 0) is 4.79 Å². The van der Waals surface area contributed by atoms with Gasteiger partial charge in [-0.3, -0.25) is 9.78 Å². The lowest BCUT2D eigenvalue weighted by atomic mass is 9.79. The number of rotatable bonds is 6. The van der Waals surface area contributed by atoms with Crippen molar-refractivity contribution >= 4 is 11.6 Å². The first-order chi connectivity index (χ1) is 13.3. The SMILES string of the molecule is CC(c1ccccc1)C(C1CCCNC1)N(C(=O)C1CC1)c1cccnc1. The zero-order valence-electron chi connectivity index (χ0n) is 16.1. The van der Waals surface area contributed by atoms with Gasteiger partial charge in [-0.1, -0.05) is 37.3 Å². The van der Waals surface area contributed by atoms with Gasteiger partial charge in [0.25, 0.3) is 0 Å². The molecule has 1 saturated heterocycles. The molecule has 27 heavy (non-hydrogen) atoms. The number of nitrogens with zero attached hydrogens (tertiary/aromatic N) is 2. The minimum atomic E-state index is 0.137. The molecule has 2 aliphatic rings. The number of carbonyl (C=O) groups excluding carboxylic acids is 1. The lowest BCUT2D eigenvalue weighted by Crippen LogP contribution is -2.52. The Bertz CT molecular complexity index is 739. The summed E-state index contributed by atoms with van der Waals surface area (Å²) in [4.78, 5) is 19.8. The topological polar surface area (TPSA) is 45.2 Å². The number of hydrogen-bond acceptors (Lipinski definition) is 3. The number of pyridine rings is 1. The Morgan fingerprint density at radius 2 is 1.96 bits per heavy atom. The maximum Gasteiger partial charge on any atom is 0.230 e. The molecule has 4 heteroatoms. The standard InChI is InChI=1S/C23H29N3O/c1-17(18-7-3-2-4-8-18)22(20-9-5-13-24-15-20)26(23(27)19-11-12-19)21-10-6-14-25-16-21/h2-4,6-8,10,14,16-17,19-20,22,24H,5,9,11-13,15H2,1H3. The third-order valence-corrected chi connectivity index (χ3v) is 6.04. The van der Waals surface area contributed by atoms with E-state index in [0.717, 1.165) is 38.0 Å². The molecule has 1 N–H and O–H groups in total. The minimum Gasteiger partial charge on any atom is -0.316 e. The monoisotopic (exact) mass is 363 g/mol. The Morgan fingerprint density at radius 3 is 2.59 bits per heavy atom. The first-order valence-corrected chi connectivity index (χ1v) is 10.2. The number of amides is 1. The van der Waals surface area contributed by atoms with Crippen molar-refractivity contribution in [1.29, 1.82) is 0 Å². The van der Waals surface area contributed by atoms with Crippen molar-refractivity contribution in [2.45, 2.75) is 44.6 Å². The second-order valence-electron chi connectivity index (χ2n) is 7.99. The normalized spacial score (nSPS) is 22.0. The number of nitrogens with one attached hydrogen (secondary N) is 1. The van der Waals surface area contributed by atoms with Crippen molar-refractivity contribution in [3.63, 3.8) is 0 Å². The Balaban J connectivity index is 1.74. The maximum atomic E-state index is 13.4. The molecule has 142 valence electrons. The summed E-state index contributed by atoms with van der Waals surface area (Å²) in [6, 6.07) is 14.7. The van der Waals surface area contributed by atoms with Gasteiger partial charge in [-0.15, -0.1) is 0 Å². The summed E-state index contributed by atoms with van der Waals surface area (Å²) in [6.45, 7) is 4.32. The fourth-order valence-electron chi connectivity index (χ4n) is 4.44. The molecule has 0 spiro atoms. The second-order valence-corrected chi connectivity index (χ2v) is 7.99. The van der Waals surface area contributed by atoms with Crippen molar-refractivity contribution in [1.82, 2.24) is 10.3 Å². The highest BCUT2D eigenvalue weighted by Crippen LogP contribution is 2.39. The predicted octanol–water partition coefficient (Wildman–Crippen LogP) is 4.00. The van der Waals surface area contributed by atoms with Gasteiger partial charge in [-0.05, 0) is 62.4 Å². The molecule has 1 aromatic carbocycles. The van der Waals surface area contributed by atoms with Gasteiger partial charge in [0.05, 0.1) is 11.9 Å². The van der Waals surface area contributed by atoms with Crippen LogP contribution in [0.15, 0.2) is 54.9 Å². The Morgan fingerprint density at radius 1 is 1.15 bits per heavy atom. The van der Waals surface area contributed by atoms with Crippen LogP contribution in [0.4, 0.5) is 5.69 Å². The number of hydrogen-bond donors (Lipinski definition) is 1. The van der Waals surface area contributed by atoms with Crippen LogP contribution in [0.1, 0.15) is 44.1 Å². The lowest BCUT2D eigenvalue weighted by molar-refractivity contribution is -0.120. The summed E-state index contributed by atoms with van der Waals surface area (Å²) >= 11 is 0. The molecular formula is C23H29N3O. The molecule has 1 aliphatic carbocycles. The van der Waals surface area contributed by atoms with E-state index in [2.05, 4.69) is 52.5 Å². The van der Waals surface area contributed by atoms with Crippen molar-refractivity contribution in [2.24, 2.45) is 11.8 Å². The zero-order chi connectivity index (χ0) is 18.6. The van der Waals surface area contributed by atoms with Crippen LogP contribution in [0.25, 0.3) is 0 Å². The summed E-state index contributed by atoms with van der Waals surface area (Å²) in [5.74, 6) is 1.17. The second kappa shape index (κ2) is 8.22. The fraction of sp³-hybridized carbons (Fsp3) is 0.478. The molecule has 4 nitrogen and oxygen atoms in total. The zero-order valence-corrected chi connectivity index (χ0v) is 16.1. The Hall–Kier alpha value is -2.20. The molecule has 1 amide bonds. The van der Waals surface area contributed by atoms with E-state index in [4.69, 9.17) is 0 Å². The van der Waals surface area contributed by atoms with Gasteiger partial charge in [0.1, 0.15) is 0 Å². The third kappa shape index (κ3) is 4.06. The summed E-state index contributed by atoms with van der Waals surface area (Å²) < 4.78 is 0. The molecule has 3 atom stereocenters. The Labute approximate surface area is 162 Å². The van der Waals surface area contributed by atoms with E-state index in [0.29, 0.717) is 5.92 Å². The molecule has 2 heterocycles. The van der Waals surface area contributed by atoms with Crippen molar-refractivity contribution in [3.8, 4) is 0 Å². The average Bonchev–Trinajstić information content (AvgIpc) is 3.58. The highest BCUT2D eigenvalue weighted by atomic mass is 16.2. The van der Waals surface area contributed by atoms with Crippen molar-refractivity contribution in [3.05, 3.63) is 60.4 Å². The molecule has 2 aromatic rings. The van der Waals surface area contributed by atoms with Crippen LogP contribution >= 0.6 is 0 Å². The van der Waals surface area contributed by atoms with E-state index in [1.165, 1.54) is 12.0 Å². The van der Waals surface area contributed by atoms with Crippen LogP contribution in [0.5, 0.6) is 0 Å². The van der Waals surface area contributed by atoms with Gasteiger partial charge in [0, 0.05) is 24.1 Å². The van der Waals surface area contributed by atoms with E-state index in [1.807, 2.05) is 18.3 Å². The highest BCUT2D eigenvalue weighted by molar-refractivity contribution is 5.97. The number of aromatic nitrogens is 1. The van der Waals surface area contributed by atoms with Gasteiger partial charge >= 0.3 is 0 Å². The van der Waals surface area contributed by atoms with Gasteiger partial charge in [0.2, 0.25) is 5.91 Å². The number of benzene rings is 1. The maximum absolute atomic E-state index is 13.4. The predicted molar refractivity (Wildman–Crippen MR) is 109 cm³/mol. The van der Waals surface area contributed by atoms with Crippen LogP contribution in [0.2, 0.25) is 0 Å². The minimum absolute atomic E-state index is 0.137. The lowest BCUT2D eigenvalue weighted by Gasteiger charge is -2.42. The summed E-state index contributed by atoms with van der Waals surface area (Å²) in [7, 11) is 0. The van der Waals surface area contributed by atoms with E-state index in [9.17, 15) is 4.79 Å². The molecule has 1 aliphatic heterocycles. The first kappa shape index (κ1) is 18.2. The Kier molecular flexibility index (Phi) is 5.53. The van der Waals surface area contributed by atoms with E-state index in [1.54, 1.807) is 6.20 Å².